The van der Waals surface area contributed by atoms with E-state index in [-0.39, 0.29) is 18.6 Å². The summed E-state index contributed by atoms with van der Waals surface area (Å²) in [4.78, 5) is 13.5. The molecule has 1 aromatic carbocycles. The summed E-state index contributed by atoms with van der Waals surface area (Å²) in [5, 5.41) is 1.10. The lowest BCUT2D eigenvalue weighted by Gasteiger charge is -2.28. The number of hydrogen-bond donors (Lipinski definition) is 0. The lowest BCUT2D eigenvalue weighted by Crippen LogP contribution is -2.36. The first-order chi connectivity index (χ1) is 8.43. The van der Waals surface area contributed by atoms with Gasteiger partial charge in [0, 0.05) is 21.8 Å². The fourth-order valence-electron chi connectivity index (χ4n) is 1.62. The van der Waals surface area contributed by atoms with E-state index in [1.165, 1.54) is 0 Å². The third-order valence-corrected chi connectivity index (χ3v) is 2.84. The monoisotopic (exact) mass is 289 g/mol. The van der Waals surface area contributed by atoms with Crippen LogP contribution in [0.25, 0.3) is 0 Å². The molecule has 0 radical (unpaired) electrons. The van der Waals surface area contributed by atoms with Gasteiger partial charge in [0.1, 0.15) is 6.54 Å². The summed E-state index contributed by atoms with van der Waals surface area (Å²) < 4.78 is 4.96. The minimum absolute atomic E-state index is 0.143. The molecule has 0 saturated carbocycles. The predicted octanol–water partition coefficient (Wildman–Crippen LogP) is 3.77. The summed E-state index contributed by atoms with van der Waals surface area (Å²) in [5.74, 6) is -0.262. The molecule has 0 amide bonds. The Balaban J connectivity index is 2.93. The summed E-state index contributed by atoms with van der Waals surface area (Å²) in [6, 6.07) is 5.37. The highest BCUT2D eigenvalue weighted by atomic mass is 35.5. The Bertz CT molecular complexity index is 401. The molecule has 0 aliphatic rings. The first kappa shape index (κ1) is 15.1. The molecule has 0 atom stereocenters. The molecule has 18 heavy (non-hydrogen) atoms. The van der Waals surface area contributed by atoms with Gasteiger partial charge in [0.25, 0.3) is 0 Å². The third-order valence-electron chi connectivity index (χ3n) is 2.41. The van der Waals surface area contributed by atoms with Gasteiger partial charge in [-0.25, -0.2) is 0 Å². The maximum absolute atomic E-state index is 11.6. The van der Waals surface area contributed by atoms with Gasteiger partial charge in [0.05, 0.1) is 6.61 Å². The summed E-state index contributed by atoms with van der Waals surface area (Å²) in [7, 11) is 0. The zero-order valence-electron chi connectivity index (χ0n) is 10.7. The molecule has 0 fully saturated rings. The molecule has 0 N–H and O–H groups in total. The minimum atomic E-state index is -0.262. The van der Waals surface area contributed by atoms with Crippen molar-refractivity contribution in [3.05, 3.63) is 28.2 Å². The van der Waals surface area contributed by atoms with Crippen molar-refractivity contribution in [3.8, 4) is 0 Å². The van der Waals surface area contributed by atoms with Crippen LogP contribution in [0.5, 0.6) is 0 Å². The van der Waals surface area contributed by atoms with Gasteiger partial charge in [-0.2, -0.15) is 0 Å². The minimum Gasteiger partial charge on any atom is -0.465 e. The standard InChI is InChI=1S/C13H17Cl2NO2/c1-4-18-13(17)8-16(9(2)3)12-6-10(14)5-11(15)7-12/h5-7,9H,4,8H2,1-3H3. The average Bonchev–Trinajstić information content (AvgIpc) is 2.24. The Hall–Kier alpha value is -0.930. The third kappa shape index (κ3) is 4.39. The van der Waals surface area contributed by atoms with Crippen molar-refractivity contribution < 1.29 is 9.53 Å². The lowest BCUT2D eigenvalue weighted by atomic mass is 10.2. The van der Waals surface area contributed by atoms with E-state index in [1.807, 2.05) is 18.7 Å². The van der Waals surface area contributed by atoms with Crippen molar-refractivity contribution >= 4 is 34.9 Å². The summed E-state index contributed by atoms with van der Waals surface area (Å²) in [6.45, 7) is 6.33. The van der Waals surface area contributed by atoms with Crippen LogP contribution < -0.4 is 4.90 Å². The first-order valence-corrected chi connectivity index (χ1v) is 6.58. The number of ether oxygens (including phenoxy) is 1. The Morgan fingerprint density at radius 1 is 1.28 bits per heavy atom. The molecular weight excluding hydrogens is 273 g/mol. The Labute approximate surface area is 118 Å². The Kier molecular flexibility index (Phi) is 5.76. The summed E-state index contributed by atoms with van der Waals surface area (Å²) in [5.41, 5.74) is 0.815. The van der Waals surface area contributed by atoms with E-state index >= 15 is 0 Å². The molecular formula is C13H17Cl2NO2. The molecule has 1 rings (SSSR count). The highest BCUT2D eigenvalue weighted by molar-refractivity contribution is 6.35. The van der Waals surface area contributed by atoms with Crippen LogP contribution in [0.3, 0.4) is 0 Å². The molecule has 0 spiro atoms. The lowest BCUT2D eigenvalue weighted by molar-refractivity contribution is -0.141. The second kappa shape index (κ2) is 6.86. The maximum atomic E-state index is 11.6. The van der Waals surface area contributed by atoms with Crippen LogP contribution in [0.1, 0.15) is 20.8 Å². The van der Waals surface area contributed by atoms with Gasteiger partial charge in [-0.15, -0.1) is 0 Å². The number of hydrogen-bond acceptors (Lipinski definition) is 3. The largest absolute Gasteiger partial charge is 0.465 e. The molecule has 1 aromatic rings. The molecule has 0 unspecified atom stereocenters. The van der Waals surface area contributed by atoms with E-state index in [9.17, 15) is 4.79 Å². The summed E-state index contributed by atoms with van der Waals surface area (Å²) >= 11 is 11.9. The van der Waals surface area contributed by atoms with Crippen LogP contribution in [0.2, 0.25) is 10.0 Å². The molecule has 0 aliphatic carbocycles. The average molecular weight is 290 g/mol. The van der Waals surface area contributed by atoms with Crippen molar-refractivity contribution in [2.45, 2.75) is 26.8 Å². The first-order valence-electron chi connectivity index (χ1n) is 5.82. The molecule has 5 heteroatoms. The Morgan fingerprint density at radius 3 is 2.28 bits per heavy atom. The second-order valence-corrected chi connectivity index (χ2v) is 5.03. The maximum Gasteiger partial charge on any atom is 0.325 e. The number of esters is 1. The van der Waals surface area contributed by atoms with Crippen LogP contribution in [-0.2, 0) is 9.53 Å². The number of halogens is 2. The fourth-order valence-corrected chi connectivity index (χ4v) is 2.14. The van der Waals surface area contributed by atoms with Crippen molar-refractivity contribution in [3.63, 3.8) is 0 Å². The Morgan fingerprint density at radius 2 is 1.83 bits per heavy atom. The van der Waals surface area contributed by atoms with E-state index in [1.54, 1.807) is 25.1 Å². The number of anilines is 1. The molecule has 0 heterocycles. The molecule has 3 nitrogen and oxygen atoms in total. The van der Waals surface area contributed by atoms with Crippen LogP contribution in [0, 0.1) is 0 Å². The number of carbonyl (C=O) groups excluding carboxylic acids is 1. The van der Waals surface area contributed by atoms with Crippen LogP contribution in [0.4, 0.5) is 5.69 Å². The van der Waals surface area contributed by atoms with Crippen LogP contribution in [-0.4, -0.2) is 25.2 Å². The summed E-state index contributed by atoms with van der Waals surface area (Å²) in [6.07, 6.45) is 0. The van der Waals surface area contributed by atoms with E-state index in [0.717, 1.165) is 5.69 Å². The fraction of sp³-hybridized carbons (Fsp3) is 0.462. The smallest absolute Gasteiger partial charge is 0.325 e. The number of benzene rings is 1. The molecule has 100 valence electrons. The molecule has 0 aliphatic heterocycles. The molecule has 0 aromatic heterocycles. The van der Waals surface area contributed by atoms with Gasteiger partial charge >= 0.3 is 5.97 Å². The van der Waals surface area contributed by atoms with Gasteiger partial charge in [-0.05, 0) is 39.0 Å². The van der Waals surface area contributed by atoms with Gasteiger partial charge in [-0.1, -0.05) is 23.2 Å². The quantitative estimate of drug-likeness (QED) is 0.773. The van der Waals surface area contributed by atoms with Crippen molar-refractivity contribution in [1.82, 2.24) is 0 Å². The van der Waals surface area contributed by atoms with Crippen molar-refractivity contribution in [1.29, 1.82) is 0 Å². The predicted molar refractivity (Wildman–Crippen MR) is 75.6 cm³/mol. The second-order valence-electron chi connectivity index (χ2n) is 4.15. The van der Waals surface area contributed by atoms with Crippen LogP contribution >= 0.6 is 23.2 Å². The highest BCUT2D eigenvalue weighted by Gasteiger charge is 2.16. The number of carbonyl (C=O) groups is 1. The number of rotatable bonds is 5. The molecule has 0 saturated heterocycles. The topological polar surface area (TPSA) is 29.5 Å². The zero-order chi connectivity index (χ0) is 13.7. The zero-order valence-corrected chi connectivity index (χ0v) is 12.3. The normalized spacial score (nSPS) is 10.6. The van der Waals surface area contributed by atoms with Crippen molar-refractivity contribution in [2.75, 3.05) is 18.1 Å². The van der Waals surface area contributed by atoms with E-state index in [4.69, 9.17) is 27.9 Å². The highest BCUT2D eigenvalue weighted by Crippen LogP contribution is 2.26. The number of nitrogens with zero attached hydrogens (tertiary/aromatic N) is 1. The molecule has 0 bridgehead atoms. The van der Waals surface area contributed by atoms with Gasteiger partial charge in [0.15, 0.2) is 0 Å². The van der Waals surface area contributed by atoms with Crippen LogP contribution in [0.15, 0.2) is 18.2 Å². The van der Waals surface area contributed by atoms with Crippen molar-refractivity contribution in [2.24, 2.45) is 0 Å². The van der Waals surface area contributed by atoms with Gasteiger partial charge in [-0.3, -0.25) is 4.79 Å². The van der Waals surface area contributed by atoms with E-state index in [0.29, 0.717) is 16.7 Å². The van der Waals surface area contributed by atoms with E-state index in [2.05, 4.69) is 0 Å². The SMILES string of the molecule is CCOC(=O)CN(c1cc(Cl)cc(Cl)c1)C(C)C. The van der Waals surface area contributed by atoms with Gasteiger partial charge in [0.2, 0.25) is 0 Å². The van der Waals surface area contributed by atoms with Gasteiger partial charge < -0.3 is 9.64 Å². The van der Waals surface area contributed by atoms with E-state index < -0.39 is 0 Å².